The molecule has 6 heteroatoms. The number of aryl methyl sites for hydroxylation is 3. The van der Waals surface area contributed by atoms with Gasteiger partial charge in [0.2, 0.25) is 5.95 Å². The monoisotopic (exact) mass is 392 g/mol. The van der Waals surface area contributed by atoms with Crippen LogP contribution >= 0.6 is 11.6 Å². The van der Waals surface area contributed by atoms with Gasteiger partial charge in [0.25, 0.3) is 5.91 Å². The van der Waals surface area contributed by atoms with E-state index in [1.54, 1.807) is 12.1 Å². The second-order valence-electron chi connectivity index (χ2n) is 7.00. The van der Waals surface area contributed by atoms with E-state index in [0.717, 1.165) is 36.3 Å². The van der Waals surface area contributed by atoms with Gasteiger partial charge in [0, 0.05) is 28.6 Å². The Morgan fingerprint density at radius 1 is 1.11 bits per heavy atom. The molecule has 0 spiro atoms. The highest BCUT2D eigenvalue weighted by Crippen LogP contribution is 2.31. The van der Waals surface area contributed by atoms with Gasteiger partial charge in [0.1, 0.15) is 5.69 Å². The number of amides is 1. The summed E-state index contributed by atoms with van der Waals surface area (Å²) in [6.07, 6.45) is 2.07. The zero-order chi connectivity index (χ0) is 19.7. The first-order chi connectivity index (χ1) is 13.5. The number of halogens is 1. The van der Waals surface area contributed by atoms with E-state index in [1.807, 2.05) is 38.1 Å². The van der Waals surface area contributed by atoms with Crippen molar-refractivity contribution in [3.63, 3.8) is 0 Å². The number of hydrogen-bond donors (Lipinski definition) is 1. The lowest BCUT2D eigenvalue weighted by molar-refractivity contribution is 0.102. The average Bonchev–Trinajstić information content (AvgIpc) is 2.70. The lowest BCUT2D eigenvalue weighted by Gasteiger charge is -2.29. The van der Waals surface area contributed by atoms with Crippen LogP contribution in [0.25, 0.3) is 0 Å². The minimum atomic E-state index is -0.281. The fourth-order valence-corrected chi connectivity index (χ4v) is 3.58. The molecule has 0 radical (unpaired) electrons. The van der Waals surface area contributed by atoms with Crippen molar-refractivity contribution in [2.45, 2.75) is 26.7 Å². The zero-order valence-electron chi connectivity index (χ0n) is 15.9. The SMILES string of the molecule is Cc1cc(C(=O)Nc2ccc(C)c(Cl)c2)nc(N2CCCc3ccccc32)n1. The van der Waals surface area contributed by atoms with E-state index in [4.69, 9.17) is 11.6 Å². The van der Waals surface area contributed by atoms with Crippen molar-refractivity contribution < 1.29 is 4.79 Å². The van der Waals surface area contributed by atoms with Gasteiger partial charge in [-0.15, -0.1) is 0 Å². The summed E-state index contributed by atoms with van der Waals surface area (Å²) in [5, 5.41) is 3.48. The van der Waals surface area contributed by atoms with E-state index in [2.05, 4.69) is 32.3 Å². The van der Waals surface area contributed by atoms with Crippen molar-refractivity contribution in [1.29, 1.82) is 0 Å². The molecule has 2 heterocycles. The summed E-state index contributed by atoms with van der Waals surface area (Å²) in [4.78, 5) is 24.0. The van der Waals surface area contributed by atoms with Crippen LogP contribution in [0, 0.1) is 13.8 Å². The molecule has 0 aliphatic carbocycles. The maximum atomic E-state index is 12.8. The normalized spacial score (nSPS) is 13.2. The number of rotatable bonds is 3. The lowest BCUT2D eigenvalue weighted by Crippen LogP contribution is -2.27. The van der Waals surface area contributed by atoms with Crippen molar-refractivity contribution in [3.05, 3.63) is 76.1 Å². The molecule has 0 unspecified atom stereocenters. The topological polar surface area (TPSA) is 58.1 Å². The highest BCUT2D eigenvalue weighted by atomic mass is 35.5. The standard InChI is InChI=1S/C22H21ClN4O/c1-14-9-10-17(13-18(14)23)25-21(28)19-12-15(2)24-22(26-19)27-11-5-7-16-6-3-4-8-20(16)27/h3-4,6,8-10,12-13H,5,7,11H2,1-2H3,(H,25,28). The van der Waals surface area contributed by atoms with Gasteiger partial charge >= 0.3 is 0 Å². The largest absolute Gasteiger partial charge is 0.321 e. The van der Waals surface area contributed by atoms with Crippen LogP contribution in [0.15, 0.2) is 48.5 Å². The van der Waals surface area contributed by atoms with Crippen LogP contribution in [0.1, 0.15) is 33.7 Å². The van der Waals surface area contributed by atoms with E-state index in [1.165, 1.54) is 5.56 Å². The molecule has 142 valence electrons. The average molecular weight is 393 g/mol. The molecule has 3 aromatic rings. The fourth-order valence-electron chi connectivity index (χ4n) is 3.40. The number of carbonyl (C=O) groups excluding carboxylic acids is 1. The number of hydrogen-bond acceptors (Lipinski definition) is 4. The van der Waals surface area contributed by atoms with E-state index in [-0.39, 0.29) is 5.91 Å². The second kappa shape index (κ2) is 7.60. The molecular weight excluding hydrogens is 372 g/mol. The maximum absolute atomic E-state index is 12.8. The fraction of sp³-hybridized carbons (Fsp3) is 0.227. The van der Waals surface area contributed by atoms with Crippen molar-refractivity contribution in [2.24, 2.45) is 0 Å². The Morgan fingerprint density at radius 2 is 1.93 bits per heavy atom. The molecule has 0 atom stereocenters. The highest BCUT2D eigenvalue weighted by Gasteiger charge is 2.21. The Bertz CT molecular complexity index is 1050. The van der Waals surface area contributed by atoms with Gasteiger partial charge in [0.15, 0.2) is 0 Å². The molecule has 0 saturated heterocycles. The highest BCUT2D eigenvalue weighted by molar-refractivity contribution is 6.31. The number of anilines is 3. The Morgan fingerprint density at radius 3 is 2.75 bits per heavy atom. The molecule has 28 heavy (non-hydrogen) atoms. The van der Waals surface area contributed by atoms with Crippen LogP contribution in [-0.2, 0) is 6.42 Å². The quantitative estimate of drug-likeness (QED) is 0.675. The number of fused-ring (bicyclic) bond motifs is 1. The molecule has 0 saturated carbocycles. The Balaban J connectivity index is 1.64. The number of para-hydroxylation sites is 1. The van der Waals surface area contributed by atoms with Crippen LogP contribution < -0.4 is 10.2 Å². The van der Waals surface area contributed by atoms with Gasteiger partial charge in [0.05, 0.1) is 0 Å². The number of aromatic nitrogens is 2. The van der Waals surface area contributed by atoms with Crippen LogP contribution in [-0.4, -0.2) is 22.4 Å². The summed E-state index contributed by atoms with van der Waals surface area (Å²) >= 11 is 6.16. The third kappa shape index (κ3) is 3.71. The molecule has 4 rings (SSSR count). The van der Waals surface area contributed by atoms with Crippen LogP contribution in [0.2, 0.25) is 5.02 Å². The number of nitrogens with zero attached hydrogens (tertiary/aromatic N) is 3. The first-order valence-corrected chi connectivity index (χ1v) is 9.68. The minimum absolute atomic E-state index is 0.281. The number of benzene rings is 2. The molecule has 0 bridgehead atoms. The second-order valence-corrected chi connectivity index (χ2v) is 7.40. The summed E-state index contributed by atoms with van der Waals surface area (Å²) in [5.41, 5.74) is 5.07. The van der Waals surface area contributed by atoms with Gasteiger partial charge in [-0.1, -0.05) is 35.9 Å². The van der Waals surface area contributed by atoms with E-state index < -0.39 is 0 Å². The molecule has 2 aromatic carbocycles. The van der Waals surface area contributed by atoms with Crippen LogP contribution in [0.5, 0.6) is 0 Å². The van der Waals surface area contributed by atoms with E-state index >= 15 is 0 Å². The summed E-state index contributed by atoms with van der Waals surface area (Å²) in [6.45, 7) is 4.63. The molecule has 0 fully saturated rings. The molecule has 5 nitrogen and oxygen atoms in total. The van der Waals surface area contributed by atoms with Crippen molar-refractivity contribution in [2.75, 3.05) is 16.8 Å². The molecule has 1 amide bonds. The van der Waals surface area contributed by atoms with Crippen LogP contribution in [0.4, 0.5) is 17.3 Å². The van der Waals surface area contributed by atoms with Crippen molar-refractivity contribution >= 4 is 34.8 Å². The molecular formula is C22H21ClN4O. The summed E-state index contributed by atoms with van der Waals surface area (Å²) in [7, 11) is 0. The molecule has 1 aliphatic heterocycles. The van der Waals surface area contributed by atoms with Crippen LogP contribution in [0.3, 0.4) is 0 Å². The van der Waals surface area contributed by atoms with Gasteiger partial charge in [-0.05, 0) is 62.1 Å². The van der Waals surface area contributed by atoms with Gasteiger partial charge in [-0.2, -0.15) is 0 Å². The van der Waals surface area contributed by atoms with E-state index in [0.29, 0.717) is 22.4 Å². The Kier molecular flexibility index (Phi) is 5.01. The van der Waals surface area contributed by atoms with Crippen molar-refractivity contribution in [3.8, 4) is 0 Å². The molecule has 1 N–H and O–H groups in total. The molecule has 1 aliphatic rings. The first-order valence-electron chi connectivity index (χ1n) is 9.30. The van der Waals surface area contributed by atoms with Gasteiger partial charge in [-0.3, -0.25) is 4.79 Å². The van der Waals surface area contributed by atoms with Crippen molar-refractivity contribution in [1.82, 2.24) is 9.97 Å². The zero-order valence-corrected chi connectivity index (χ0v) is 16.6. The maximum Gasteiger partial charge on any atom is 0.274 e. The first kappa shape index (κ1) is 18.4. The summed E-state index contributed by atoms with van der Waals surface area (Å²) < 4.78 is 0. The third-order valence-corrected chi connectivity index (χ3v) is 5.26. The summed E-state index contributed by atoms with van der Waals surface area (Å²) in [5.74, 6) is 0.274. The Labute approximate surface area is 169 Å². The van der Waals surface area contributed by atoms with Gasteiger partial charge in [-0.25, -0.2) is 9.97 Å². The predicted molar refractivity (Wildman–Crippen MR) is 113 cm³/mol. The lowest BCUT2D eigenvalue weighted by atomic mass is 10.0. The third-order valence-electron chi connectivity index (χ3n) is 4.86. The number of carbonyl (C=O) groups is 1. The van der Waals surface area contributed by atoms with Gasteiger partial charge < -0.3 is 10.2 Å². The Hall–Kier alpha value is -2.92. The smallest absolute Gasteiger partial charge is 0.274 e. The molecule has 1 aromatic heterocycles. The van der Waals surface area contributed by atoms with E-state index in [9.17, 15) is 4.79 Å². The predicted octanol–water partition coefficient (Wildman–Crippen LogP) is 5.08. The summed E-state index contributed by atoms with van der Waals surface area (Å²) in [6, 6.07) is 15.4. The minimum Gasteiger partial charge on any atom is -0.321 e. The number of nitrogens with one attached hydrogen (secondary N) is 1.